The molecule has 1 aromatic carbocycles. The molecular weight excluding hydrogens is 338 g/mol. The number of hydrogen-bond donors (Lipinski definition) is 3. The van der Waals surface area contributed by atoms with Gasteiger partial charge in [-0.1, -0.05) is 6.07 Å². The van der Waals surface area contributed by atoms with Crippen LogP contribution >= 0.6 is 0 Å². The van der Waals surface area contributed by atoms with Gasteiger partial charge in [-0.3, -0.25) is 14.4 Å². The Morgan fingerprint density at radius 1 is 1.42 bits per heavy atom. The Morgan fingerprint density at radius 3 is 2.67 bits per heavy atom. The SMILES string of the molecule is C[C@H](NC(=O)C1CC(=O)N(c2cccc(S(N)(=O)=O)c2)C1)C(=O)O. The maximum Gasteiger partial charge on any atom is 0.325 e. The topological polar surface area (TPSA) is 147 Å². The summed E-state index contributed by atoms with van der Waals surface area (Å²) in [6.07, 6.45) is -0.0855. The lowest BCUT2D eigenvalue weighted by atomic mass is 10.1. The van der Waals surface area contributed by atoms with Crippen molar-refractivity contribution < 1.29 is 27.9 Å². The number of carboxylic acid groups (broad SMARTS) is 1. The van der Waals surface area contributed by atoms with Crippen LogP contribution in [0.25, 0.3) is 0 Å². The molecule has 0 bridgehead atoms. The standard InChI is InChI=1S/C14H17N3O6S/c1-8(14(20)21)16-13(19)9-5-12(18)17(7-9)10-3-2-4-11(6-10)24(15,22)23/h2-4,6,8-9H,5,7H2,1H3,(H,16,19)(H,20,21)(H2,15,22,23)/t8-,9?/m0/s1. The fourth-order valence-electron chi connectivity index (χ4n) is 2.35. The lowest BCUT2D eigenvalue weighted by Crippen LogP contribution is -2.42. The zero-order chi connectivity index (χ0) is 18.1. The molecule has 1 aliphatic heterocycles. The lowest BCUT2D eigenvalue weighted by molar-refractivity contribution is -0.141. The van der Waals surface area contributed by atoms with Gasteiger partial charge in [-0.05, 0) is 25.1 Å². The maximum absolute atomic E-state index is 12.1. The summed E-state index contributed by atoms with van der Waals surface area (Å²) in [6.45, 7) is 1.36. The number of aliphatic carboxylic acids is 1. The number of nitrogens with one attached hydrogen (secondary N) is 1. The number of nitrogens with two attached hydrogens (primary N) is 1. The van der Waals surface area contributed by atoms with E-state index in [0.717, 1.165) is 0 Å². The van der Waals surface area contributed by atoms with Gasteiger partial charge in [-0.25, -0.2) is 13.6 Å². The average molecular weight is 355 g/mol. The second-order valence-corrected chi connectivity index (χ2v) is 7.08. The zero-order valence-corrected chi connectivity index (χ0v) is 13.6. The number of nitrogens with zero attached hydrogens (tertiary/aromatic N) is 1. The summed E-state index contributed by atoms with van der Waals surface area (Å²) in [7, 11) is -3.91. The van der Waals surface area contributed by atoms with E-state index in [1.807, 2.05) is 0 Å². The molecule has 0 spiro atoms. The number of sulfonamides is 1. The summed E-state index contributed by atoms with van der Waals surface area (Å²) in [5.41, 5.74) is 0.313. The molecule has 1 fully saturated rings. The summed E-state index contributed by atoms with van der Waals surface area (Å²) in [6, 6.07) is 4.48. The third-order valence-corrected chi connectivity index (χ3v) is 4.59. The Kier molecular flexibility index (Phi) is 4.90. The largest absolute Gasteiger partial charge is 0.480 e. The third kappa shape index (κ3) is 3.89. The lowest BCUT2D eigenvalue weighted by Gasteiger charge is -2.18. The smallest absolute Gasteiger partial charge is 0.325 e. The molecule has 2 rings (SSSR count). The number of rotatable bonds is 5. The van der Waals surface area contributed by atoms with Crippen molar-refractivity contribution in [2.45, 2.75) is 24.3 Å². The van der Waals surface area contributed by atoms with E-state index >= 15 is 0 Å². The van der Waals surface area contributed by atoms with E-state index in [1.165, 1.54) is 36.1 Å². The highest BCUT2D eigenvalue weighted by atomic mass is 32.2. The second-order valence-electron chi connectivity index (χ2n) is 5.52. The molecular formula is C14H17N3O6S. The van der Waals surface area contributed by atoms with Gasteiger partial charge in [0.05, 0.1) is 10.8 Å². The van der Waals surface area contributed by atoms with E-state index in [0.29, 0.717) is 5.69 Å². The molecule has 4 N–H and O–H groups in total. The van der Waals surface area contributed by atoms with Gasteiger partial charge in [0, 0.05) is 18.7 Å². The Bertz CT molecular complexity index is 791. The monoisotopic (exact) mass is 355 g/mol. The van der Waals surface area contributed by atoms with Crippen LogP contribution in [-0.4, -0.2) is 43.9 Å². The number of benzene rings is 1. The number of amides is 2. The number of carboxylic acids is 1. The average Bonchev–Trinajstić information content (AvgIpc) is 2.88. The van der Waals surface area contributed by atoms with Crippen LogP contribution in [0.2, 0.25) is 0 Å². The van der Waals surface area contributed by atoms with E-state index in [2.05, 4.69) is 5.32 Å². The van der Waals surface area contributed by atoms with Crippen molar-refractivity contribution in [1.82, 2.24) is 5.32 Å². The molecule has 10 heteroatoms. The molecule has 1 unspecified atom stereocenters. The Labute approximate surface area is 138 Å². The summed E-state index contributed by atoms with van der Waals surface area (Å²) in [5, 5.41) is 16.2. The minimum Gasteiger partial charge on any atom is -0.480 e. The van der Waals surface area contributed by atoms with E-state index in [-0.39, 0.29) is 23.8 Å². The minimum absolute atomic E-state index is 0.0328. The van der Waals surface area contributed by atoms with Crippen LogP contribution < -0.4 is 15.4 Å². The summed E-state index contributed by atoms with van der Waals surface area (Å²) in [5.74, 6) is -2.78. The summed E-state index contributed by atoms with van der Waals surface area (Å²) < 4.78 is 22.8. The molecule has 2 amide bonds. The number of hydrogen-bond acceptors (Lipinski definition) is 5. The molecule has 130 valence electrons. The van der Waals surface area contributed by atoms with E-state index in [9.17, 15) is 22.8 Å². The normalized spacial score (nSPS) is 19.2. The molecule has 2 atom stereocenters. The van der Waals surface area contributed by atoms with Crippen molar-refractivity contribution in [2.75, 3.05) is 11.4 Å². The van der Waals surface area contributed by atoms with Crippen LogP contribution in [0.3, 0.4) is 0 Å². The first-order valence-corrected chi connectivity index (χ1v) is 8.60. The highest BCUT2D eigenvalue weighted by Crippen LogP contribution is 2.26. The molecule has 24 heavy (non-hydrogen) atoms. The predicted octanol–water partition coefficient (Wildman–Crippen LogP) is -0.724. The molecule has 0 saturated carbocycles. The number of anilines is 1. The van der Waals surface area contributed by atoms with Crippen LogP contribution in [0.4, 0.5) is 5.69 Å². The molecule has 1 saturated heterocycles. The highest BCUT2D eigenvalue weighted by Gasteiger charge is 2.36. The van der Waals surface area contributed by atoms with Crippen molar-refractivity contribution in [1.29, 1.82) is 0 Å². The van der Waals surface area contributed by atoms with Crippen LogP contribution in [0, 0.1) is 5.92 Å². The van der Waals surface area contributed by atoms with Gasteiger partial charge in [0.25, 0.3) is 0 Å². The first kappa shape index (κ1) is 17.9. The molecule has 1 heterocycles. The van der Waals surface area contributed by atoms with Gasteiger partial charge in [-0.15, -0.1) is 0 Å². The van der Waals surface area contributed by atoms with Gasteiger partial charge in [0.2, 0.25) is 21.8 Å². The fourth-order valence-corrected chi connectivity index (χ4v) is 2.91. The molecule has 0 radical (unpaired) electrons. The third-order valence-electron chi connectivity index (χ3n) is 3.68. The van der Waals surface area contributed by atoms with Crippen LogP contribution in [-0.2, 0) is 24.4 Å². The Morgan fingerprint density at radius 2 is 2.08 bits per heavy atom. The number of carbonyl (C=O) groups excluding carboxylic acids is 2. The quantitative estimate of drug-likeness (QED) is 0.635. The Balaban J connectivity index is 2.16. The van der Waals surface area contributed by atoms with E-state index in [4.69, 9.17) is 10.2 Å². The van der Waals surface area contributed by atoms with Gasteiger partial charge < -0.3 is 15.3 Å². The molecule has 9 nitrogen and oxygen atoms in total. The maximum atomic E-state index is 12.1. The Hall–Kier alpha value is -2.46. The fraction of sp³-hybridized carbons (Fsp3) is 0.357. The van der Waals surface area contributed by atoms with Crippen LogP contribution in [0.1, 0.15) is 13.3 Å². The van der Waals surface area contributed by atoms with Crippen molar-refractivity contribution in [3.05, 3.63) is 24.3 Å². The van der Waals surface area contributed by atoms with Gasteiger partial charge in [0.1, 0.15) is 6.04 Å². The van der Waals surface area contributed by atoms with Gasteiger partial charge in [0.15, 0.2) is 0 Å². The number of carbonyl (C=O) groups is 3. The molecule has 0 aliphatic carbocycles. The first-order chi connectivity index (χ1) is 11.1. The zero-order valence-electron chi connectivity index (χ0n) is 12.8. The summed E-state index contributed by atoms with van der Waals surface area (Å²) in [4.78, 5) is 36.1. The van der Waals surface area contributed by atoms with Gasteiger partial charge in [-0.2, -0.15) is 0 Å². The highest BCUT2D eigenvalue weighted by molar-refractivity contribution is 7.89. The van der Waals surface area contributed by atoms with Crippen molar-refractivity contribution in [3.8, 4) is 0 Å². The number of primary sulfonamides is 1. The van der Waals surface area contributed by atoms with E-state index < -0.39 is 33.9 Å². The predicted molar refractivity (Wildman–Crippen MR) is 83.5 cm³/mol. The van der Waals surface area contributed by atoms with Crippen LogP contribution in [0.15, 0.2) is 29.2 Å². The van der Waals surface area contributed by atoms with Crippen molar-refractivity contribution in [3.63, 3.8) is 0 Å². The summed E-state index contributed by atoms with van der Waals surface area (Å²) >= 11 is 0. The minimum atomic E-state index is -3.91. The van der Waals surface area contributed by atoms with Crippen molar-refractivity contribution >= 4 is 33.5 Å². The van der Waals surface area contributed by atoms with Gasteiger partial charge >= 0.3 is 5.97 Å². The van der Waals surface area contributed by atoms with E-state index in [1.54, 1.807) is 0 Å². The van der Waals surface area contributed by atoms with Crippen LogP contribution in [0.5, 0.6) is 0 Å². The van der Waals surface area contributed by atoms with Crippen molar-refractivity contribution in [2.24, 2.45) is 11.1 Å². The first-order valence-electron chi connectivity index (χ1n) is 7.06. The molecule has 1 aliphatic rings. The second kappa shape index (κ2) is 6.57. The molecule has 1 aromatic rings. The molecule has 0 aromatic heterocycles.